The third-order valence-corrected chi connectivity index (χ3v) is 7.79. The molecule has 2 atom stereocenters. The third kappa shape index (κ3) is 2.90. The van der Waals surface area contributed by atoms with Crippen molar-refractivity contribution in [3.8, 4) is 17.2 Å². The van der Waals surface area contributed by atoms with Crippen molar-refractivity contribution >= 4 is 17.2 Å². The van der Waals surface area contributed by atoms with Gasteiger partial charge in [-0.1, -0.05) is 0 Å². The van der Waals surface area contributed by atoms with Gasteiger partial charge in [0.2, 0.25) is 0 Å². The van der Waals surface area contributed by atoms with Crippen LogP contribution < -0.4 is 0 Å². The maximum atomic E-state index is 13.4. The van der Waals surface area contributed by atoms with Crippen molar-refractivity contribution in [2.45, 2.75) is 57.9 Å². The summed E-state index contributed by atoms with van der Waals surface area (Å²) < 4.78 is 1.82. The number of aryl methyl sites for hydroxylation is 2. The SMILES string of the molecule is Cc1cc(-c2ccnc(-n3ncc(C(=O)N4C[C@H]5CC[C@@H]4C5)c3C3CC3)n2)c(C)s1. The summed E-state index contributed by atoms with van der Waals surface area (Å²) in [5.41, 5.74) is 3.80. The molecule has 2 aliphatic carbocycles. The van der Waals surface area contributed by atoms with Gasteiger partial charge in [0.25, 0.3) is 11.9 Å². The van der Waals surface area contributed by atoms with Gasteiger partial charge in [0.1, 0.15) is 0 Å². The lowest BCUT2D eigenvalue weighted by atomic mass is 10.1. The molecular weight excluding hydrogens is 394 g/mol. The average molecular weight is 420 g/mol. The molecule has 0 spiro atoms. The maximum absolute atomic E-state index is 13.4. The van der Waals surface area contributed by atoms with Crippen LogP contribution in [0.4, 0.5) is 0 Å². The molecule has 0 N–H and O–H groups in total. The molecule has 6 nitrogen and oxygen atoms in total. The second-order valence-corrected chi connectivity index (χ2v) is 10.4. The molecule has 6 rings (SSSR count). The number of aromatic nitrogens is 4. The number of piperidine rings is 1. The van der Waals surface area contributed by atoms with Gasteiger partial charge in [0.15, 0.2) is 0 Å². The Bertz CT molecular complexity index is 1140. The van der Waals surface area contributed by atoms with E-state index in [0.29, 0.717) is 23.8 Å². The average Bonchev–Trinajstić information content (AvgIpc) is 3.11. The molecule has 1 amide bonds. The Morgan fingerprint density at radius 2 is 2.07 bits per heavy atom. The van der Waals surface area contributed by atoms with Crippen LogP contribution in [0.3, 0.4) is 0 Å². The minimum atomic E-state index is 0.149. The van der Waals surface area contributed by atoms with Crippen LogP contribution in [0.1, 0.15) is 63.8 Å². The van der Waals surface area contributed by atoms with Gasteiger partial charge in [-0.2, -0.15) is 5.10 Å². The number of carbonyl (C=O) groups excluding carboxylic acids is 1. The van der Waals surface area contributed by atoms with Gasteiger partial charge in [0, 0.05) is 40.0 Å². The van der Waals surface area contributed by atoms with Crippen LogP contribution in [0.2, 0.25) is 0 Å². The number of carbonyl (C=O) groups is 1. The molecule has 0 aromatic carbocycles. The highest BCUT2D eigenvalue weighted by Gasteiger charge is 2.43. The maximum Gasteiger partial charge on any atom is 0.257 e. The fraction of sp³-hybridized carbons (Fsp3) is 0.478. The molecule has 154 valence electrons. The molecule has 3 fully saturated rings. The lowest BCUT2D eigenvalue weighted by molar-refractivity contribution is 0.0702. The van der Waals surface area contributed by atoms with Gasteiger partial charge >= 0.3 is 0 Å². The van der Waals surface area contributed by atoms with E-state index in [-0.39, 0.29) is 5.91 Å². The van der Waals surface area contributed by atoms with Gasteiger partial charge in [-0.15, -0.1) is 11.3 Å². The van der Waals surface area contributed by atoms with Crippen LogP contribution in [0.25, 0.3) is 17.2 Å². The summed E-state index contributed by atoms with van der Waals surface area (Å²) in [4.78, 5) is 27.4. The molecule has 1 saturated heterocycles. The Labute approximate surface area is 180 Å². The molecular formula is C23H25N5OS. The van der Waals surface area contributed by atoms with Crippen molar-refractivity contribution in [1.29, 1.82) is 0 Å². The van der Waals surface area contributed by atoms with Crippen molar-refractivity contribution in [3.63, 3.8) is 0 Å². The van der Waals surface area contributed by atoms with Crippen LogP contribution in [0, 0.1) is 19.8 Å². The number of amides is 1. The Kier molecular flexibility index (Phi) is 4.10. The minimum Gasteiger partial charge on any atom is -0.335 e. The summed E-state index contributed by atoms with van der Waals surface area (Å²) in [7, 11) is 0. The Morgan fingerprint density at radius 1 is 1.20 bits per heavy atom. The molecule has 30 heavy (non-hydrogen) atoms. The zero-order chi connectivity index (χ0) is 20.4. The quantitative estimate of drug-likeness (QED) is 0.624. The zero-order valence-electron chi connectivity index (χ0n) is 17.3. The van der Waals surface area contributed by atoms with Crippen LogP contribution in [0.15, 0.2) is 24.5 Å². The summed E-state index contributed by atoms with van der Waals surface area (Å²) in [6, 6.07) is 4.54. The first-order valence-corrected chi connectivity index (χ1v) is 11.7. The Morgan fingerprint density at radius 3 is 2.73 bits per heavy atom. The predicted molar refractivity (Wildman–Crippen MR) is 116 cm³/mol. The predicted octanol–water partition coefficient (Wildman–Crippen LogP) is 4.51. The zero-order valence-corrected chi connectivity index (χ0v) is 18.2. The number of likely N-dealkylation sites (tertiary alicyclic amines) is 1. The number of rotatable bonds is 4. The van der Waals surface area contributed by atoms with Gasteiger partial charge < -0.3 is 4.90 Å². The first-order chi connectivity index (χ1) is 14.6. The summed E-state index contributed by atoms with van der Waals surface area (Å²) in [5, 5.41) is 4.61. The monoisotopic (exact) mass is 419 g/mol. The summed E-state index contributed by atoms with van der Waals surface area (Å²) >= 11 is 1.78. The summed E-state index contributed by atoms with van der Waals surface area (Å²) in [6.07, 6.45) is 9.32. The van der Waals surface area contributed by atoms with Crippen LogP contribution in [-0.2, 0) is 0 Å². The summed E-state index contributed by atoms with van der Waals surface area (Å²) in [5.74, 6) is 1.77. The van der Waals surface area contributed by atoms with Crippen molar-refractivity contribution in [3.05, 3.63) is 45.5 Å². The number of hydrogen-bond acceptors (Lipinski definition) is 5. The number of nitrogens with zero attached hydrogens (tertiary/aromatic N) is 5. The molecule has 4 heterocycles. The van der Waals surface area contributed by atoms with E-state index in [4.69, 9.17) is 4.98 Å². The van der Waals surface area contributed by atoms with Crippen molar-refractivity contribution < 1.29 is 4.79 Å². The fourth-order valence-corrected chi connectivity index (χ4v) is 6.18. The minimum absolute atomic E-state index is 0.149. The summed E-state index contributed by atoms with van der Waals surface area (Å²) in [6.45, 7) is 5.14. The van der Waals surface area contributed by atoms with E-state index in [1.807, 2.05) is 10.7 Å². The normalized spacial score (nSPS) is 22.8. The van der Waals surface area contributed by atoms with E-state index in [1.165, 1.54) is 22.6 Å². The van der Waals surface area contributed by atoms with E-state index in [1.54, 1.807) is 23.7 Å². The number of thiophene rings is 1. The lowest BCUT2D eigenvalue weighted by Gasteiger charge is -2.27. The smallest absolute Gasteiger partial charge is 0.257 e. The molecule has 3 aromatic rings. The van der Waals surface area contributed by atoms with Gasteiger partial charge in [-0.3, -0.25) is 4.79 Å². The Balaban J connectivity index is 1.39. The highest BCUT2D eigenvalue weighted by Crippen LogP contribution is 2.44. The second kappa shape index (κ2) is 6.74. The third-order valence-electron chi connectivity index (χ3n) is 6.82. The number of hydrogen-bond donors (Lipinski definition) is 0. The van der Waals surface area contributed by atoms with Crippen LogP contribution in [0.5, 0.6) is 0 Å². The first kappa shape index (κ1) is 18.2. The fourth-order valence-electron chi connectivity index (χ4n) is 5.25. The van der Waals surface area contributed by atoms with Crippen molar-refractivity contribution in [2.24, 2.45) is 5.92 Å². The molecule has 3 aromatic heterocycles. The Hall–Kier alpha value is -2.54. The highest BCUT2D eigenvalue weighted by molar-refractivity contribution is 7.12. The molecule has 1 aliphatic heterocycles. The molecule has 7 heteroatoms. The standard InChI is InChI=1S/C23H25N5OS/c1-13-9-18(14(2)30-13)20-7-8-24-23(26-20)28-21(16-4-5-16)19(11-25-28)22(29)27-12-15-3-6-17(27)10-15/h7-9,11,15-17H,3-6,10,12H2,1-2H3/t15-,17+/m0/s1. The van der Waals surface area contributed by atoms with E-state index >= 15 is 0 Å². The first-order valence-electron chi connectivity index (χ1n) is 10.9. The number of fused-ring (bicyclic) bond motifs is 2. The van der Waals surface area contributed by atoms with E-state index in [9.17, 15) is 4.79 Å². The topological polar surface area (TPSA) is 63.9 Å². The highest BCUT2D eigenvalue weighted by atomic mass is 32.1. The van der Waals surface area contributed by atoms with E-state index in [2.05, 4.69) is 34.9 Å². The lowest BCUT2D eigenvalue weighted by Crippen LogP contribution is -2.38. The van der Waals surface area contributed by atoms with Crippen LogP contribution in [-0.4, -0.2) is 43.1 Å². The largest absolute Gasteiger partial charge is 0.335 e. The van der Waals surface area contributed by atoms with E-state index < -0.39 is 0 Å². The van der Waals surface area contributed by atoms with Gasteiger partial charge in [-0.05, 0) is 64.0 Å². The molecule has 0 radical (unpaired) electrons. The van der Waals surface area contributed by atoms with Gasteiger partial charge in [-0.25, -0.2) is 14.6 Å². The van der Waals surface area contributed by atoms with Crippen molar-refractivity contribution in [1.82, 2.24) is 24.6 Å². The molecule has 3 aliphatic rings. The van der Waals surface area contributed by atoms with Gasteiger partial charge in [0.05, 0.1) is 23.1 Å². The van der Waals surface area contributed by atoms with Crippen molar-refractivity contribution in [2.75, 3.05) is 6.54 Å². The second-order valence-electron chi connectivity index (χ2n) is 8.99. The van der Waals surface area contributed by atoms with E-state index in [0.717, 1.165) is 48.3 Å². The van der Waals surface area contributed by atoms with Crippen LogP contribution >= 0.6 is 11.3 Å². The molecule has 2 bridgehead atoms. The molecule has 2 saturated carbocycles. The molecule has 0 unspecified atom stereocenters.